The van der Waals surface area contributed by atoms with Gasteiger partial charge in [0.1, 0.15) is 12.4 Å². The van der Waals surface area contributed by atoms with E-state index in [1.54, 1.807) is 17.2 Å². The Hall–Kier alpha value is -3.12. The molecule has 1 amide bonds. The number of carbonyl (C=O) groups is 2. The number of amides is 1. The predicted molar refractivity (Wildman–Crippen MR) is 101 cm³/mol. The second kappa shape index (κ2) is 7.63. The lowest BCUT2D eigenvalue weighted by Crippen LogP contribution is -2.44. The third-order valence-corrected chi connectivity index (χ3v) is 4.64. The second-order valence-electron chi connectivity index (χ2n) is 6.42. The van der Waals surface area contributed by atoms with Gasteiger partial charge in [-0.05, 0) is 23.8 Å². The summed E-state index contributed by atoms with van der Waals surface area (Å²) in [5.74, 6) is -0.350. The minimum absolute atomic E-state index is 0.367. The lowest BCUT2D eigenvalue weighted by Gasteiger charge is -2.25. The van der Waals surface area contributed by atoms with E-state index >= 15 is 0 Å². The Bertz CT molecular complexity index is 959. The molecule has 0 aliphatic carbocycles. The van der Waals surface area contributed by atoms with Gasteiger partial charge in [-0.2, -0.15) is 0 Å². The minimum Gasteiger partial charge on any atom is -0.489 e. The predicted octanol–water partition coefficient (Wildman–Crippen LogP) is 2.79. The molecule has 4 rings (SSSR count). The molecule has 2 aromatic carbocycles. The van der Waals surface area contributed by atoms with Crippen molar-refractivity contribution >= 4 is 22.6 Å². The van der Waals surface area contributed by atoms with E-state index in [1.165, 1.54) is 0 Å². The van der Waals surface area contributed by atoms with Crippen LogP contribution in [0.1, 0.15) is 15.9 Å². The normalized spacial score (nSPS) is 14.3. The average Bonchev–Trinajstić information content (AvgIpc) is 3.16. The summed E-state index contributed by atoms with van der Waals surface area (Å²) in [7, 11) is 0. The molecule has 1 aliphatic rings. The fourth-order valence-corrected chi connectivity index (χ4v) is 3.14. The molecular weight excluding hydrogens is 344 g/mol. The van der Waals surface area contributed by atoms with Gasteiger partial charge in [0.05, 0.1) is 18.8 Å². The molecule has 0 unspecified atom stereocenters. The van der Waals surface area contributed by atoms with Crippen LogP contribution in [0.5, 0.6) is 5.75 Å². The largest absolute Gasteiger partial charge is 0.489 e. The van der Waals surface area contributed by atoms with Gasteiger partial charge in [-0.3, -0.25) is 9.59 Å². The van der Waals surface area contributed by atoms with Crippen molar-refractivity contribution in [2.45, 2.75) is 6.61 Å². The molecule has 0 bridgehead atoms. The van der Waals surface area contributed by atoms with E-state index in [9.17, 15) is 9.59 Å². The van der Waals surface area contributed by atoms with Crippen molar-refractivity contribution < 1.29 is 19.1 Å². The zero-order valence-electron chi connectivity index (χ0n) is 14.8. The van der Waals surface area contributed by atoms with E-state index in [-0.39, 0.29) is 0 Å². The maximum absolute atomic E-state index is 12.7. The average molecular weight is 364 g/mol. The minimum atomic E-state index is -0.511. The fourth-order valence-electron chi connectivity index (χ4n) is 3.14. The van der Waals surface area contributed by atoms with Gasteiger partial charge in [-0.25, -0.2) is 0 Å². The molecule has 1 aliphatic heterocycles. The van der Waals surface area contributed by atoms with E-state index in [4.69, 9.17) is 9.47 Å². The molecule has 1 fully saturated rings. The first-order chi connectivity index (χ1) is 13.2. The Balaban J connectivity index is 1.54. The highest BCUT2D eigenvalue weighted by Gasteiger charge is 2.26. The molecule has 0 spiro atoms. The quantitative estimate of drug-likeness (QED) is 0.558. The number of Topliss-reactive ketones (excluding diaryl/α,β-unsaturated/α-hetero) is 1. The van der Waals surface area contributed by atoms with Crippen molar-refractivity contribution in [2.24, 2.45) is 0 Å². The number of nitrogens with one attached hydrogen (secondary N) is 1. The standard InChI is InChI=1S/C21H20N2O4/c24-20(21(25)23-8-10-26-11-9-23)18-13-22-19-7-6-16(12-17(18)19)27-14-15-4-2-1-3-5-15/h1-7,12-13,22H,8-11,14H2. The lowest BCUT2D eigenvalue weighted by molar-refractivity contribution is -0.130. The number of fused-ring (bicyclic) bond motifs is 1. The van der Waals surface area contributed by atoms with Gasteiger partial charge in [-0.1, -0.05) is 30.3 Å². The highest BCUT2D eigenvalue weighted by molar-refractivity contribution is 6.44. The zero-order chi connectivity index (χ0) is 18.6. The number of nitrogens with zero attached hydrogens (tertiary/aromatic N) is 1. The van der Waals surface area contributed by atoms with Crippen LogP contribution in [0.4, 0.5) is 0 Å². The molecule has 1 saturated heterocycles. The van der Waals surface area contributed by atoms with E-state index in [1.807, 2.05) is 42.5 Å². The summed E-state index contributed by atoms with van der Waals surface area (Å²) in [6, 6.07) is 15.4. The van der Waals surface area contributed by atoms with Crippen LogP contribution in [0, 0.1) is 0 Å². The smallest absolute Gasteiger partial charge is 0.295 e. The van der Waals surface area contributed by atoms with Gasteiger partial charge >= 0.3 is 0 Å². The second-order valence-corrected chi connectivity index (χ2v) is 6.42. The van der Waals surface area contributed by atoms with E-state index in [0.717, 1.165) is 11.1 Å². The first-order valence-electron chi connectivity index (χ1n) is 8.91. The highest BCUT2D eigenvalue weighted by atomic mass is 16.5. The molecule has 0 atom stereocenters. The third-order valence-electron chi connectivity index (χ3n) is 4.64. The van der Waals surface area contributed by atoms with Crippen molar-refractivity contribution in [3.63, 3.8) is 0 Å². The summed E-state index contributed by atoms with van der Waals surface area (Å²) in [5, 5.41) is 0.687. The van der Waals surface area contributed by atoms with Crippen molar-refractivity contribution in [1.82, 2.24) is 9.88 Å². The molecule has 3 aromatic rings. The van der Waals surface area contributed by atoms with E-state index in [0.29, 0.717) is 49.6 Å². The maximum atomic E-state index is 12.7. The molecule has 1 aromatic heterocycles. The van der Waals surface area contributed by atoms with Crippen LogP contribution in [-0.4, -0.2) is 47.9 Å². The fraction of sp³-hybridized carbons (Fsp3) is 0.238. The number of benzene rings is 2. The van der Waals surface area contributed by atoms with Crippen LogP contribution in [0.15, 0.2) is 54.7 Å². The molecule has 2 heterocycles. The first kappa shape index (κ1) is 17.3. The summed E-state index contributed by atoms with van der Waals surface area (Å²) in [6.07, 6.45) is 1.59. The van der Waals surface area contributed by atoms with Crippen molar-refractivity contribution in [2.75, 3.05) is 26.3 Å². The van der Waals surface area contributed by atoms with Crippen LogP contribution in [0.25, 0.3) is 10.9 Å². The third kappa shape index (κ3) is 3.71. The van der Waals surface area contributed by atoms with Gasteiger partial charge in [-0.15, -0.1) is 0 Å². The van der Waals surface area contributed by atoms with Crippen molar-refractivity contribution in [3.05, 3.63) is 65.9 Å². The Labute approximate surface area is 156 Å². The Kier molecular flexibility index (Phi) is 4.89. The van der Waals surface area contributed by atoms with Gasteiger partial charge in [0.25, 0.3) is 11.7 Å². The Morgan fingerprint density at radius 1 is 1.07 bits per heavy atom. The zero-order valence-corrected chi connectivity index (χ0v) is 14.8. The number of hydrogen-bond donors (Lipinski definition) is 1. The molecule has 6 nitrogen and oxygen atoms in total. The number of rotatable bonds is 5. The van der Waals surface area contributed by atoms with Gasteiger partial charge in [0, 0.05) is 30.2 Å². The number of carbonyl (C=O) groups excluding carboxylic acids is 2. The molecular formula is C21H20N2O4. The number of ether oxygens (including phenoxy) is 2. The summed E-state index contributed by atoms with van der Waals surface area (Å²) >= 11 is 0. The Morgan fingerprint density at radius 3 is 2.63 bits per heavy atom. The molecule has 1 N–H and O–H groups in total. The monoisotopic (exact) mass is 364 g/mol. The van der Waals surface area contributed by atoms with Crippen molar-refractivity contribution in [3.8, 4) is 5.75 Å². The number of hydrogen-bond acceptors (Lipinski definition) is 4. The van der Waals surface area contributed by atoms with Gasteiger partial charge in [0.15, 0.2) is 0 Å². The van der Waals surface area contributed by atoms with Gasteiger partial charge < -0.3 is 19.4 Å². The number of aromatic nitrogens is 1. The number of H-pyrrole nitrogens is 1. The summed E-state index contributed by atoms with van der Waals surface area (Å²) in [4.78, 5) is 29.8. The molecule has 6 heteroatoms. The summed E-state index contributed by atoms with van der Waals surface area (Å²) in [6.45, 7) is 2.25. The van der Waals surface area contributed by atoms with Crippen LogP contribution in [-0.2, 0) is 16.1 Å². The van der Waals surface area contributed by atoms with Crippen LogP contribution in [0.3, 0.4) is 0 Å². The Morgan fingerprint density at radius 2 is 1.85 bits per heavy atom. The molecule has 0 radical (unpaired) electrons. The van der Waals surface area contributed by atoms with Crippen LogP contribution in [0.2, 0.25) is 0 Å². The number of ketones is 1. The van der Waals surface area contributed by atoms with Crippen LogP contribution >= 0.6 is 0 Å². The van der Waals surface area contributed by atoms with E-state index in [2.05, 4.69) is 4.98 Å². The topological polar surface area (TPSA) is 71.6 Å². The molecule has 27 heavy (non-hydrogen) atoms. The lowest BCUT2D eigenvalue weighted by atomic mass is 10.1. The summed E-state index contributed by atoms with van der Waals surface area (Å²) < 4.78 is 11.1. The SMILES string of the molecule is O=C(C(=O)N1CCOCC1)c1c[nH]c2ccc(OCc3ccccc3)cc12. The number of aromatic amines is 1. The van der Waals surface area contributed by atoms with Crippen LogP contribution < -0.4 is 4.74 Å². The highest BCUT2D eigenvalue weighted by Crippen LogP contribution is 2.25. The summed E-state index contributed by atoms with van der Waals surface area (Å²) in [5.41, 5.74) is 2.22. The molecule has 138 valence electrons. The molecule has 0 saturated carbocycles. The van der Waals surface area contributed by atoms with Gasteiger partial charge in [0.2, 0.25) is 0 Å². The first-order valence-corrected chi connectivity index (χ1v) is 8.91. The van der Waals surface area contributed by atoms with Crippen molar-refractivity contribution in [1.29, 1.82) is 0 Å². The maximum Gasteiger partial charge on any atom is 0.295 e. The van der Waals surface area contributed by atoms with E-state index < -0.39 is 11.7 Å². The number of morpholine rings is 1.